The molecule has 0 bridgehead atoms. The fourth-order valence-electron chi connectivity index (χ4n) is 3.21. The van der Waals surface area contributed by atoms with Gasteiger partial charge in [-0.05, 0) is 54.0 Å². The SMILES string of the molecule is CCSC(=O)N(CC(C)C)CC(C)C.O=P(Oc1ccccc1)(Oc1ccccc1)Oc1ccccc1. The van der Waals surface area contributed by atoms with Crippen LogP contribution in [-0.4, -0.2) is 29.0 Å². The molecule has 3 rings (SSSR count). The van der Waals surface area contributed by atoms with E-state index in [1.165, 1.54) is 11.8 Å². The third-order valence-electron chi connectivity index (χ3n) is 4.58. The van der Waals surface area contributed by atoms with Gasteiger partial charge in [-0.15, -0.1) is 0 Å². The molecule has 0 aliphatic heterocycles. The van der Waals surface area contributed by atoms with Gasteiger partial charge in [-0.25, -0.2) is 0 Å². The molecule has 37 heavy (non-hydrogen) atoms. The molecule has 0 unspecified atom stereocenters. The van der Waals surface area contributed by atoms with Crippen molar-refractivity contribution < 1.29 is 22.9 Å². The second kappa shape index (κ2) is 16.1. The second-order valence-electron chi connectivity index (χ2n) is 9.05. The molecule has 200 valence electrons. The lowest BCUT2D eigenvalue weighted by atomic mass is 10.1. The summed E-state index contributed by atoms with van der Waals surface area (Å²) in [6.07, 6.45) is 0. The van der Waals surface area contributed by atoms with Crippen LogP contribution in [0.5, 0.6) is 17.2 Å². The fourth-order valence-corrected chi connectivity index (χ4v) is 5.04. The number of rotatable bonds is 11. The van der Waals surface area contributed by atoms with Gasteiger partial charge < -0.3 is 18.5 Å². The maximum absolute atomic E-state index is 13.1. The molecule has 0 radical (unpaired) electrons. The van der Waals surface area contributed by atoms with Crippen LogP contribution >= 0.6 is 19.6 Å². The number of carbonyl (C=O) groups excluding carboxylic acids is 1. The fraction of sp³-hybridized carbons (Fsp3) is 0.345. The number of carbonyl (C=O) groups is 1. The summed E-state index contributed by atoms with van der Waals surface area (Å²) in [6, 6.07) is 26.4. The van der Waals surface area contributed by atoms with Crippen LogP contribution in [0.2, 0.25) is 0 Å². The summed E-state index contributed by atoms with van der Waals surface area (Å²) in [5.41, 5.74) is 0. The third kappa shape index (κ3) is 12.3. The predicted octanol–water partition coefficient (Wildman–Crippen LogP) is 8.81. The minimum atomic E-state index is -3.89. The van der Waals surface area contributed by atoms with Gasteiger partial charge in [0.1, 0.15) is 17.2 Å². The first kappa shape index (κ1) is 30.3. The van der Waals surface area contributed by atoms with Gasteiger partial charge in [-0.3, -0.25) is 4.79 Å². The zero-order chi connectivity index (χ0) is 27.1. The highest BCUT2D eigenvalue weighted by atomic mass is 32.2. The van der Waals surface area contributed by atoms with Gasteiger partial charge in [0.05, 0.1) is 0 Å². The van der Waals surface area contributed by atoms with Crippen LogP contribution in [0.25, 0.3) is 0 Å². The van der Waals surface area contributed by atoms with Crippen LogP contribution in [-0.2, 0) is 4.57 Å². The van der Waals surface area contributed by atoms with Crippen LogP contribution in [0.15, 0.2) is 91.0 Å². The molecule has 0 aliphatic carbocycles. The van der Waals surface area contributed by atoms with E-state index in [0.29, 0.717) is 29.1 Å². The van der Waals surface area contributed by atoms with Crippen LogP contribution in [0, 0.1) is 11.8 Å². The van der Waals surface area contributed by atoms with Crippen molar-refractivity contribution in [3.05, 3.63) is 91.0 Å². The maximum Gasteiger partial charge on any atom is 0.647 e. The van der Waals surface area contributed by atoms with E-state index in [1.807, 2.05) is 30.0 Å². The molecule has 0 atom stereocenters. The number of phosphoric acid groups is 1. The molecule has 0 aromatic heterocycles. The zero-order valence-electron chi connectivity index (χ0n) is 22.3. The van der Waals surface area contributed by atoms with Crippen molar-refractivity contribution in [1.82, 2.24) is 4.90 Å². The molecule has 6 nitrogen and oxygen atoms in total. The van der Waals surface area contributed by atoms with Crippen LogP contribution < -0.4 is 13.6 Å². The first-order valence-corrected chi connectivity index (χ1v) is 14.9. The van der Waals surface area contributed by atoms with E-state index in [4.69, 9.17) is 13.6 Å². The Labute approximate surface area is 226 Å². The highest BCUT2D eigenvalue weighted by Gasteiger charge is 2.33. The number of amides is 1. The lowest BCUT2D eigenvalue weighted by Crippen LogP contribution is -2.34. The molecule has 1 amide bonds. The van der Waals surface area contributed by atoms with Crippen LogP contribution in [0.1, 0.15) is 34.6 Å². The van der Waals surface area contributed by atoms with Crippen LogP contribution in [0.3, 0.4) is 0 Å². The highest BCUT2D eigenvalue weighted by molar-refractivity contribution is 8.13. The van der Waals surface area contributed by atoms with Crippen molar-refractivity contribution in [1.29, 1.82) is 0 Å². The topological polar surface area (TPSA) is 65.1 Å². The molecular formula is C29H38NO5PS. The van der Waals surface area contributed by atoms with E-state index in [9.17, 15) is 9.36 Å². The Bertz CT molecular complexity index is 963. The third-order valence-corrected chi connectivity index (χ3v) is 6.68. The molecule has 0 aliphatic rings. The Morgan fingerprint density at radius 3 is 1.30 bits per heavy atom. The maximum atomic E-state index is 13.1. The number of nitrogens with zero attached hydrogens (tertiary/aromatic N) is 1. The number of benzene rings is 3. The number of para-hydroxylation sites is 3. The monoisotopic (exact) mass is 543 g/mol. The standard InChI is InChI=1S/C18H15O4P.C11H23NOS/c19-23(20-16-10-4-1-5-11-16,21-17-12-6-2-7-13-17)22-18-14-8-3-9-15-18;1-6-14-11(13)12(7-9(2)3)8-10(4)5/h1-15H;9-10H,6-8H2,1-5H3. The lowest BCUT2D eigenvalue weighted by molar-refractivity contribution is 0.208. The molecule has 3 aromatic rings. The molecular weight excluding hydrogens is 505 g/mol. The van der Waals surface area contributed by atoms with Gasteiger partial charge in [0.25, 0.3) is 5.24 Å². The minimum absolute atomic E-state index is 0.231. The quantitative estimate of drug-likeness (QED) is 0.225. The van der Waals surface area contributed by atoms with E-state index < -0.39 is 7.82 Å². The zero-order valence-corrected chi connectivity index (χ0v) is 24.0. The summed E-state index contributed by atoms with van der Waals surface area (Å²) >= 11 is 1.41. The summed E-state index contributed by atoms with van der Waals surface area (Å²) in [6.45, 7) is 12.4. The van der Waals surface area contributed by atoms with Crippen molar-refractivity contribution in [3.63, 3.8) is 0 Å². The van der Waals surface area contributed by atoms with Gasteiger partial charge in [0.15, 0.2) is 0 Å². The van der Waals surface area contributed by atoms with E-state index in [2.05, 4.69) is 27.7 Å². The summed E-state index contributed by atoms with van der Waals surface area (Å²) in [5, 5.41) is 0.231. The van der Waals surface area contributed by atoms with Gasteiger partial charge in [-0.2, -0.15) is 4.57 Å². The Balaban J connectivity index is 0.000000298. The second-order valence-corrected chi connectivity index (χ2v) is 11.7. The largest absolute Gasteiger partial charge is 0.647 e. The van der Waals surface area contributed by atoms with Crippen molar-refractivity contribution in [2.75, 3.05) is 18.8 Å². The van der Waals surface area contributed by atoms with Crippen molar-refractivity contribution in [3.8, 4) is 17.2 Å². The van der Waals surface area contributed by atoms with Crippen molar-refractivity contribution in [2.24, 2.45) is 11.8 Å². The van der Waals surface area contributed by atoms with Crippen LogP contribution in [0.4, 0.5) is 4.79 Å². The number of phosphoric ester groups is 1. The van der Waals surface area contributed by atoms with Gasteiger partial charge in [0.2, 0.25) is 0 Å². The minimum Gasteiger partial charge on any atom is -0.386 e. The number of hydrogen-bond donors (Lipinski definition) is 0. The van der Waals surface area contributed by atoms with Crippen molar-refractivity contribution in [2.45, 2.75) is 34.6 Å². The molecule has 0 heterocycles. The van der Waals surface area contributed by atoms with Crippen molar-refractivity contribution >= 4 is 24.8 Å². The van der Waals surface area contributed by atoms with Gasteiger partial charge >= 0.3 is 7.82 Å². The molecule has 8 heteroatoms. The smallest absolute Gasteiger partial charge is 0.386 e. The first-order valence-electron chi connectivity index (χ1n) is 12.5. The molecule has 0 saturated heterocycles. The summed E-state index contributed by atoms with van der Waals surface area (Å²) in [5.74, 6) is 3.18. The molecule has 0 spiro atoms. The number of thioether (sulfide) groups is 1. The Morgan fingerprint density at radius 2 is 1.03 bits per heavy atom. The van der Waals surface area contributed by atoms with E-state index >= 15 is 0 Å². The van der Waals surface area contributed by atoms with E-state index in [1.54, 1.807) is 72.8 Å². The molecule has 0 fully saturated rings. The Morgan fingerprint density at radius 1 is 0.703 bits per heavy atom. The average molecular weight is 544 g/mol. The normalized spacial score (nSPS) is 10.9. The predicted molar refractivity (Wildman–Crippen MR) is 154 cm³/mol. The summed E-state index contributed by atoms with van der Waals surface area (Å²) < 4.78 is 29.6. The lowest BCUT2D eigenvalue weighted by Gasteiger charge is -2.25. The van der Waals surface area contributed by atoms with E-state index in [0.717, 1.165) is 18.8 Å². The van der Waals surface area contributed by atoms with Gasteiger partial charge in [-0.1, -0.05) is 101 Å². The van der Waals surface area contributed by atoms with E-state index in [-0.39, 0.29) is 5.24 Å². The molecule has 3 aromatic carbocycles. The Hall–Kier alpha value is -2.89. The highest BCUT2D eigenvalue weighted by Crippen LogP contribution is 2.49. The summed E-state index contributed by atoms with van der Waals surface area (Å²) in [7, 11) is -3.89. The first-order chi connectivity index (χ1) is 17.7. The molecule has 0 N–H and O–H groups in total. The number of hydrogen-bond acceptors (Lipinski definition) is 6. The van der Waals surface area contributed by atoms with Gasteiger partial charge in [0, 0.05) is 13.1 Å². The summed E-state index contributed by atoms with van der Waals surface area (Å²) in [4.78, 5) is 13.7. The average Bonchev–Trinajstić information content (AvgIpc) is 2.85. The molecule has 0 saturated carbocycles. The Kier molecular flexibility index (Phi) is 13.2.